The lowest BCUT2D eigenvalue weighted by molar-refractivity contribution is 0.791. The third-order valence-corrected chi connectivity index (χ3v) is 3.69. The zero-order valence-electron chi connectivity index (χ0n) is 8.66. The second-order valence-electron chi connectivity index (χ2n) is 3.60. The Labute approximate surface area is 98.9 Å². The molecule has 1 aromatic heterocycles. The summed E-state index contributed by atoms with van der Waals surface area (Å²) in [5.74, 6) is 0. The van der Waals surface area contributed by atoms with Crippen LogP contribution >= 0.6 is 24.0 Å². The Balaban J connectivity index is 2.41. The average Bonchev–Trinajstić information content (AvgIpc) is 2.57. The van der Waals surface area contributed by atoms with Gasteiger partial charge in [0, 0.05) is 10.6 Å². The first-order valence-electron chi connectivity index (χ1n) is 5.08. The van der Waals surface area contributed by atoms with E-state index in [1.165, 1.54) is 17.8 Å². The van der Waals surface area contributed by atoms with Gasteiger partial charge in [0.2, 0.25) is 0 Å². The van der Waals surface area contributed by atoms with Crippen LogP contribution in [0, 0.1) is 0 Å². The molecule has 0 amide bonds. The quantitative estimate of drug-likeness (QED) is 0.634. The second-order valence-corrected chi connectivity index (χ2v) is 5.19. The van der Waals surface area contributed by atoms with E-state index in [0.717, 1.165) is 27.2 Å². The molecule has 0 aliphatic rings. The Bertz CT molecular complexity index is 477. The first-order valence-corrected chi connectivity index (χ1v) is 6.35. The molecule has 0 spiro atoms. The molecular formula is C11H14N2S2. The molecule has 0 unspecified atom stereocenters. The molecule has 0 bridgehead atoms. The van der Waals surface area contributed by atoms with E-state index in [4.69, 9.17) is 5.73 Å². The molecule has 2 N–H and O–H groups in total. The molecule has 0 saturated carbocycles. The molecule has 15 heavy (non-hydrogen) atoms. The van der Waals surface area contributed by atoms with E-state index < -0.39 is 0 Å². The maximum Gasteiger partial charge on any atom is 0.0950 e. The maximum atomic E-state index is 5.76. The molecule has 1 aromatic carbocycles. The van der Waals surface area contributed by atoms with Crippen LogP contribution in [0.1, 0.15) is 24.8 Å². The summed E-state index contributed by atoms with van der Waals surface area (Å²) >= 11 is 6.11. The Morgan fingerprint density at radius 1 is 1.47 bits per heavy atom. The molecule has 2 rings (SSSR count). The van der Waals surface area contributed by atoms with Crippen molar-refractivity contribution in [3.8, 4) is 0 Å². The minimum atomic E-state index is 0.762. The van der Waals surface area contributed by atoms with Crippen LogP contribution in [-0.2, 0) is 6.42 Å². The molecule has 0 fully saturated rings. The van der Waals surface area contributed by atoms with E-state index in [2.05, 4.69) is 24.5 Å². The van der Waals surface area contributed by atoms with E-state index in [-0.39, 0.29) is 0 Å². The molecule has 4 heteroatoms. The van der Waals surface area contributed by atoms with Crippen molar-refractivity contribution in [1.82, 2.24) is 4.98 Å². The number of hydrogen-bond donors (Lipinski definition) is 2. The largest absolute Gasteiger partial charge is 0.399 e. The van der Waals surface area contributed by atoms with Crippen molar-refractivity contribution < 1.29 is 0 Å². The van der Waals surface area contributed by atoms with Gasteiger partial charge in [0.25, 0.3) is 0 Å². The van der Waals surface area contributed by atoms with Gasteiger partial charge in [0.05, 0.1) is 15.2 Å². The summed E-state index contributed by atoms with van der Waals surface area (Å²) in [6.07, 6.45) is 3.45. The number of hydrogen-bond acceptors (Lipinski definition) is 4. The molecule has 2 nitrogen and oxygen atoms in total. The molecule has 0 aliphatic heterocycles. The minimum Gasteiger partial charge on any atom is -0.399 e. The molecule has 0 atom stereocenters. The summed E-state index contributed by atoms with van der Waals surface area (Å²) < 4.78 is 1.14. The molecule has 0 radical (unpaired) electrons. The van der Waals surface area contributed by atoms with Crippen LogP contribution in [-0.4, -0.2) is 4.98 Å². The van der Waals surface area contributed by atoms with Gasteiger partial charge >= 0.3 is 0 Å². The highest BCUT2D eigenvalue weighted by atomic mass is 32.1. The Kier molecular flexibility index (Phi) is 3.17. The molecule has 1 heterocycles. The van der Waals surface area contributed by atoms with Crippen LogP contribution in [0.5, 0.6) is 0 Å². The van der Waals surface area contributed by atoms with Gasteiger partial charge < -0.3 is 5.73 Å². The number of anilines is 1. The molecule has 80 valence electrons. The van der Waals surface area contributed by atoms with Crippen LogP contribution in [0.25, 0.3) is 10.2 Å². The number of nitrogens with zero attached hydrogens (tertiary/aromatic N) is 1. The van der Waals surface area contributed by atoms with Crippen molar-refractivity contribution in [3.05, 3.63) is 17.1 Å². The van der Waals surface area contributed by atoms with E-state index in [1.54, 1.807) is 11.3 Å². The first-order chi connectivity index (χ1) is 7.20. The van der Waals surface area contributed by atoms with Crippen LogP contribution in [0.3, 0.4) is 0 Å². The van der Waals surface area contributed by atoms with Crippen LogP contribution < -0.4 is 5.73 Å². The lowest BCUT2D eigenvalue weighted by atomic mass is 10.2. The highest BCUT2D eigenvalue weighted by Crippen LogP contribution is 2.30. The fourth-order valence-corrected chi connectivity index (χ4v) is 2.99. The summed E-state index contributed by atoms with van der Waals surface area (Å²) in [4.78, 5) is 5.46. The van der Waals surface area contributed by atoms with Crippen LogP contribution in [0.2, 0.25) is 0 Å². The Morgan fingerprint density at radius 2 is 2.27 bits per heavy atom. The monoisotopic (exact) mass is 238 g/mol. The van der Waals surface area contributed by atoms with Gasteiger partial charge in [-0.05, 0) is 25.0 Å². The van der Waals surface area contributed by atoms with Crippen molar-refractivity contribution in [1.29, 1.82) is 0 Å². The Hall–Kier alpha value is -0.740. The standard InChI is InChI=1S/C11H14N2S2/c1-2-3-4-10-13-11-8(14)5-7(12)6-9(11)15-10/h5-6,14H,2-4,12H2,1H3. The number of rotatable bonds is 3. The van der Waals surface area contributed by atoms with Crippen LogP contribution in [0.4, 0.5) is 5.69 Å². The zero-order valence-corrected chi connectivity index (χ0v) is 10.4. The fraction of sp³-hybridized carbons (Fsp3) is 0.364. The topological polar surface area (TPSA) is 38.9 Å². The minimum absolute atomic E-state index is 0.762. The summed E-state index contributed by atoms with van der Waals surface area (Å²) in [6.45, 7) is 2.19. The summed E-state index contributed by atoms with van der Waals surface area (Å²) in [5, 5.41) is 1.19. The number of fused-ring (bicyclic) bond motifs is 1. The number of thiazole rings is 1. The normalized spacial score (nSPS) is 11.1. The first kappa shape index (κ1) is 10.8. The Morgan fingerprint density at radius 3 is 3.00 bits per heavy atom. The highest BCUT2D eigenvalue weighted by molar-refractivity contribution is 7.80. The zero-order chi connectivity index (χ0) is 10.8. The van der Waals surface area contributed by atoms with E-state index in [9.17, 15) is 0 Å². The lowest BCUT2D eigenvalue weighted by Crippen LogP contribution is -1.84. The maximum absolute atomic E-state index is 5.76. The van der Waals surface area contributed by atoms with Crippen molar-refractivity contribution in [2.24, 2.45) is 0 Å². The third-order valence-electron chi connectivity index (χ3n) is 2.29. The molecular weight excluding hydrogens is 224 g/mol. The highest BCUT2D eigenvalue weighted by Gasteiger charge is 2.07. The number of aromatic nitrogens is 1. The summed E-state index contributed by atoms with van der Waals surface area (Å²) in [6, 6.07) is 3.83. The summed E-state index contributed by atoms with van der Waals surface area (Å²) in [7, 11) is 0. The van der Waals surface area contributed by atoms with Crippen molar-refractivity contribution >= 4 is 39.9 Å². The van der Waals surface area contributed by atoms with Crippen LogP contribution in [0.15, 0.2) is 17.0 Å². The van der Waals surface area contributed by atoms with Crippen molar-refractivity contribution in [2.75, 3.05) is 5.73 Å². The number of benzene rings is 1. The SMILES string of the molecule is CCCCc1nc2c(S)cc(N)cc2s1. The van der Waals surface area contributed by atoms with Crippen molar-refractivity contribution in [2.45, 2.75) is 31.1 Å². The fourth-order valence-electron chi connectivity index (χ4n) is 1.51. The molecule has 2 aromatic rings. The van der Waals surface area contributed by atoms with Gasteiger partial charge in [-0.25, -0.2) is 4.98 Å². The molecule has 0 aliphatic carbocycles. The second kappa shape index (κ2) is 4.41. The summed E-state index contributed by atoms with van der Waals surface area (Å²) in [5.41, 5.74) is 7.52. The average molecular weight is 238 g/mol. The number of thiol groups is 1. The molecule has 0 saturated heterocycles. The smallest absolute Gasteiger partial charge is 0.0950 e. The van der Waals surface area contributed by atoms with Gasteiger partial charge in [-0.1, -0.05) is 13.3 Å². The van der Waals surface area contributed by atoms with E-state index in [0.29, 0.717) is 0 Å². The third kappa shape index (κ3) is 2.26. The number of unbranched alkanes of at least 4 members (excludes halogenated alkanes) is 1. The predicted molar refractivity (Wildman–Crippen MR) is 69.9 cm³/mol. The van der Waals surface area contributed by atoms with Gasteiger partial charge in [-0.3, -0.25) is 0 Å². The predicted octanol–water partition coefficient (Wildman–Crippen LogP) is 3.51. The lowest BCUT2D eigenvalue weighted by Gasteiger charge is -1.95. The van der Waals surface area contributed by atoms with E-state index in [1.807, 2.05) is 12.1 Å². The number of aryl methyl sites for hydroxylation is 1. The van der Waals surface area contributed by atoms with Gasteiger partial charge in [0.1, 0.15) is 0 Å². The van der Waals surface area contributed by atoms with Gasteiger partial charge in [-0.15, -0.1) is 24.0 Å². The number of nitrogen functional groups attached to an aromatic ring is 1. The number of nitrogens with two attached hydrogens (primary N) is 1. The van der Waals surface area contributed by atoms with E-state index >= 15 is 0 Å². The van der Waals surface area contributed by atoms with Gasteiger partial charge in [0.15, 0.2) is 0 Å². The van der Waals surface area contributed by atoms with Gasteiger partial charge in [-0.2, -0.15) is 0 Å². The van der Waals surface area contributed by atoms with Crippen molar-refractivity contribution in [3.63, 3.8) is 0 Å².